The van der Waals surface area contributed by atoms with Crippen molar-refractivity contribution in [1.29, 1.82) is 0 Å². The van der Waals surface area contributed by atoms with E-state index >= 15 is 0 Å². The minimum atomic E-state index is 0.222. The molecule has 0 aromatic heterocycles. The maximum absolute atomic E-state index is 10.8. The van der Waals surface area contributed by atoms with Gasteiger partial charge in [0.05, 0.1) is 0 Å². The molecule has 0 bridgehead atoms. The molecule has 0 spiro atoms. The molecule has 0 aromatic carbocycles. The highest BCUT2D eigenvalue weighted by Crippen LogP contribution is 2.15. The Balaban J connectivity index is 0. The molecule has 0 saturated carbocycles. The molecule has 2 nitrogen and oxygen atoms in total. The predicted molar refractivity (Wildman–Crippen MR) is 58.8 cm³/mol. The summed E-state index contributed by atoms with van der Waals surface area (Å²) in [5.74, 6) is 0.222. The maximum Gasteiger partial charge on any atom is 0.219 e. The molecule has 0 unspecified atom stereocenters. The van der Waals surface area contributed by atoms with E-state index in [1.54, 1.807) is 6.92 Å². The van der Waals surface area contributed by atoms with Crippen LogP contribution in [0.25, 0.3) is 0 Å². The van der Waals surface area contributed by atoms with Crippen molar-refractivity contribution in [2.24, 2.45) is 0 Å². The first-order valence-corrected chi connectivity index (χ1v) is 5.49. The van der Waals surface area contributed by atoms with Gasteiger partial charge in [-0.05, 0) is 19.8 Å². The highest BCUT2D eigenvalue weighted by molar-refractivity contribution is 5.73. The number of carbonyl (C=O) groups is 1. The molecule has 1 amide bonds. The van der Waals surface area contributed by atoms with Crippen molar-refractivity contribution in [3.8, 4) is 0 Å². The molecule has 1 saturated heterocycles. The van der Waals surface area contributed by atoms with Crippen LogP contribution in [0.3, 0.4) is 0 Å². The summed E-state index contributed by atoms with van der Waals surface area (Å²) in [6.07, 6.45) is 2.36. The zero-order valence-corrected chi connectivity index (χ0v) is 10.1. The lowest BCUT2D eigenvalue weighted by Gasteiger charge is -2.18. The zero-order chi connectivity index (χ0) is 10.9. The minimum absolute atomic E-state index is 0.222. The summed E-state index contributed by atoms with van der Waals surface area (Å²) in [4.78, 5) is 12.7. The van der Waals surface area contributed by atoms with Gasteiger partial charge in [-0.3, -0.25) is 4.79 Å². The Kier molecular flexibility index (Phi) is 11.0. The average molecular weight is 187 g/mol. The lowest BCUT2D eigenvalue weighted by molar-refractivity contribution is -0.129. The van der Waals surface area contributed by atoms with E-state index in [9.17, 15) is 4.79 Å². The summed E-state index contributed by atoms with van der Waals surface area (Å²) in [5.41, 5.74) is 0. The van der Waals surface area contributed by atoms with E-state index in [0.29, 0.717) is 6.04 Å². The second kappa shape index (κ2) is 9.56. The maximum atomic E-state index is 10.8. The van der Waals surface area contributed by atoms with Crippen LogP contribution in [-0.4, -0.2) is 23.4 Å². The Bertz CT molecular complexity index is 123. The number of nitrogens with zero attached hydrogens (tertiary/aromatic N) is 1. The Morgan fingerprint density at radius 3 is 1.85 bits per heavy atom. The molecule has 1 aliphatic rings. The number of hydrogen-bond acceptors (Lipinski definition) is 1. The summed E-state index contributed by atoms with van der Waals surface area (Å²) in [7, 11) is 0. The van der Waals surface area contributed by atoms with Crippen molar-refractivity contribution in [2.45, 2.75) is 60.4 Å². The Labute approximate surface area is 83.3 Å². The van der Waals surface area contributed by atoms with Crippen LogP contribution in [0.1, 0.15) is 54.4 Å². The molecule has 1 rings (SSSR count). The Morgan fingerprint density at radius 2 is 1.69 bits per heavy atom. The third kappa shape index (κ3) is 5.67. The van der Waals surface area contributed by atoms with E-state index in [4.69, 9.17) is 0 Å². The molecule has 0 aliphatic carbocycles. The predicted octanol–water partition coefficient (Wildman–Crippen LogP) is 3.07. The first kappa shape index (κ1) is 15.0. The van der Waals surface area contributed by atoms with E-state index in [1.165, 1.54) is 12.8 Å². The Morgan fingerprint density at radius 1 is 1.23 bits per heavy atom. The number of amides is 1. The van der Waals surface area contributed by atoms with Crippen LogP contribution in [0, 0.1) is 0 Å². The molecule has 1 heterocycles. The fourth-order valence-corrected chi connectivity index (χ4v) is 1.40. The summed E-state index contributed by atoms with van der Waals surface area (Å²) >= 11 is 0. The van der Waals surface area contributed by atoms with E-state index in [1.807, 2.05) is 32.6 Å². The molecule has 13 heavy (non-hydrogen) atoms. The second-order valence-corrected chi connectivity index (χ2v) is 2.70. The molecular weight excluding hydrogens is 162 g/mol. The normalized spacial score (nSPS) is 19.5. The van der Waals surface area contributed by atoms with Gasteiger partial charge in [-0.25, -0.2) is 0 Å². The summed E-state index contributed by atoms with van der Waals surface area (Å²) in [5, 5.41) is 0. The van der Waals surface area contributed by atoms with Crippen molar-refractivity contribution < 1.29 is 4.79 Å². The Hall–Kier alpha value is -0.530. The van der Waals surface area contributed by atoms with Gasteiger partial charge in [0.25, 0.3) is 0 Å². The lowest BCUT2D eigenvalue weighted by Crippen LogP contribution is -2.31. The van der Waals surface area contributed by atoms with Crippen molar-refractivity contribution in [1.82, 2.24) is 4.90 Å². The quantitative estimate of drug-likeness (QED) is 0.570. The monoisotopic (exact) mass is 187 g/mol. The van der Waals surface area contributed by atoms with Gasteiger partial charge in [-0.15, -0.1) is 0 Å². The molecule has 1 atom stereocenters. The van der Waals surface area contributed by atoms with Gasteiger partial charge in [-0.2, -0.15) is 0 Å². The third-order valence-corrected chi connectivity index (χ3v) is 1.96. The standard InChI is InChI=1S/C7H13NO.2C2H6/c1-6-4-3-5-8(6)7(2)9;2*1-2/h6H,3-5H2,1-2H3;2*1-2H3/t6-;;/m0../s1. The van der Waals surface area contributed by atoms with Crippen LogP contribution in [0.15, 0.2) is 0 Å². The van der Waals surface area contributed by atoms with Crippen LogP contribution in [0.2, 0.25) is 0 Å². The number of likely N-dealkylation sites (tertiary alicyclic amines) is 1. The van der Waals surface area contributed by atoms with Crippen molar-refractivity contribution in [3.63, 3.8) is 0 Å². The lowest BCUT2D eigenvalue weighted by atomic mass is 10.2. The molecular formula is C11H25NO. The van der Waals surface area contributed by atoms with Crippen LogP contribution < -0.4 is 0 Å². The zero-order valence-electron chi connectivity index (χ0n) is 10.1. The van der Waals surface area contributed by atoms with Crippen LogP contribution >= 0.6 is 0 Å². The number of rotatable bonds is 0. The van der Waals surface area contributed by atoms with Gasteiger partial charge >= 0.3 is 0 Å². The van der Waals surface area contributed by atoms with Crippen LogP contribution in [-0.2, 0) is 4.79 Å². The van der Waals surface area contributed by atoms with Crippen LogP contribution in [0.5, 0.6) is 0 Å². The summed E-state index contributed by atoms with van der Waals surface area (Å²) < 4.78 is 0. The van der Waals surface area contributed by atoms with Gasteiger partial charge in [-0.1, -0.05) is 27.7 Å². The summed E-state index contributed by atoms with van der Waals surface area (Å²) in [6, 6.07) is 0.488. The van der Waals surface area contributed by atoms with Gasteiger partial charge < -0.3 is 4.90 Å². The number of carbonyl (C=O) groups excluding carboxylic acids is 1. The van der Waals surface area contributed by atoms with Crippen LogP contribution in [0.4, 0.5) is 0 Å². The van der Waals surface area contributed by atoms with Crippen molar-refractivity contribution in [2.75, 3.05) is 6.54 Å². The van der Waals surface area contributed by atoms with Gasteiger partial charge in [0.1, 0.15) is 0 Å². The molecule has 0 aromatic rings. The van der Waals surface area contributed by atoms with Crippen molar-refractivity contribution >= 4 is 5.91 Å². The SMILES string of the molecule is CC.CC.CC(=O)N1CCC[C@@H]1C. The van der Waals surface area contributed by atoms with E-state index in [0.717, 1.165) is 6.54 Å². The van der Waals surface area contributed by atoms with Gasteiger partial charge in [0, 0.05) is 19.5 Å². The molecule has 0 N–H and O–H groups in total. The second-order valence-electron chi connectivity index (χ2n) is 2.70. The molecule has 80 valence electrons. The summed E-state index contributed by atoms with van der Waals surface area (Å²) in [6.45, 7) is 12.7. The molecule has 1 fully saturated rings. The van der Waals surface area contributed by atoms with E-state index in [-0.39, 0.29) is 5.91 Å². The first-order valence-electron chi connectivity index (χ1n) is 5.49. The molecule has 2 heteroatoms. The van der Waals surface area contributed by atoms with Crippen molar-refractivity contribution in [3.05, 3.63) is 0 Å². The smallest absolute Gasteiger partial charge is 0.219 e. The van der Waals surface area contributed by atoms with Gasteiger partial charge in [0.2, 0.25) is 5.91 Å². The minimum Gasteiger partial charge on any atom is -0.340 e. The highest BCUT2D eigenvalue weighted by atomic mass is 16.2. The first-order chi connectivity index (χ1) is 6.22. The van der Waals surface area contributed by atoms with Gasteiger partial charge in [0.15, 0.2) is 0 Å². The van der Waals surface area contributed by atoms with E-state index < -0.39 is 0 Å². The number of hydrogen-bond donors (Lipinski definition) is 0. The largest absolute Gasteiger partial charge is 0.340 e. The average Bonchev–Trinajstić information content (AvgIpc) is 2.58. The molecule has 0 radical (unpaired) electrons. The third-order valence-electron chi connectivity index (χ3n) is 1.96. The van der Waals surface area contributed by atoms with E-state index in [2.05, 4.69) is 6.92 Å². The fraction of sp³-hybridized carbons (Fsp3) is 0.909. The highest BCUT2D eigenvalue weighted by Gasteiger charge is 2.21. The topological polar surface area (TPSA) is 20.3 Å². The fourth-order valence-electron chi connectivity index (χ4n) is 1.40. The molecule has 1 aliphatic heterocycles.